The van der Waals surface area contributed by atoms with E-state index in [4.69, 9.17) is 23.5 Å². The Morgan fingerprint density at radius 3 is 2.40 bits per heavy atom. The number of nitrogens with one attached hydrogen (secondary N) is 1. The average molecular weight is 413 g/mol. The molecule has 3 heterocycles. The number of anilines is 3. The fourth-order valence-corrected chi connectivity index (χ4v) is 3.16. The van der Waals surface area contributed by atoms with Crippen LogP contribution >= 0.6 is 0 Å². The summed E-state index contributed by atoms with van der Waals surface area (Å²) in [7, 11) is 4.70. The molecule has 0 saturated carbocycles. The topological polar surface area (TPSA) is 104 Å². The Balaban J connectivity index is 1.55. The van der Waals surface area contributed by atoms with Gasteiger partial charge in [-0.05, 0) is 18.2 Å². The monoisotopic (exact) mass is 413 g/mol. The van der Waals surface area contributed by atoms with E-state index in [-0.39, 0.29) is 0 Å². The zero-order valence-electron chi connectivity index (χ0n) is 17.0. The van der Waals surface area contributed by atoms with E-state index in [1.165, 1.54) is 0 Å². The molecule has 1 aliphatic rings. The van der Waals surface area contributed by atoms with Crippen LogP contribution in [0.5, 0.6) is 17.2 Å². The van der Waals surface area contributed by atoms with Crippen molar-refractivity contribution in [3.05, 3.63) is 30.5 Å². The molecule has 0 unspecified atom stereocenters. The second kappa shape index (κ2) is 8.87. The van der Waals surface area contributed by atoms with E-state index in [9.17, 15) is 0 Å². The number of ether oxygens (including phenoxy) is 4. The fraction of sp³-hybridized carbons (Fsp3) is 0.350. The summed E-state index contributed by atoms with van der Waals surface area (Å²) in [5.41, 5.74) is 1.37. The van der Waals surface area contributed by atoms with Gasteiger partial charge < -0.3 is 33.7 Å². The van der Waals surface area contributed by atoms with Crippen molar-refractivity contribution in [2.45, 2.75) is 0 Å². The van der Waals surface area contributed by atoms with E-state index < -0.39 is 0 Å². The first-order chi connectivity index (χ1) is 14.7. The summed E-state index contributed by atoms with van der Waals surface area (Å²) in [5.74, 6) is 3.30. The second-order valence-electron chi connectivity index (χ2n) is 6.46. The maximum Gasteiger partial charge on any atom is 0.230 e. The quantitative estimate of drug-likeness (QED) is 0.622. The van der Waals surface area contributed by atoms with Gasteiger partial charge in [-0.25, -0.2) is 4.98 Å². The van der Waals surface area contributed by atoms with Crippen molar-refractivity contribution >= 4 is 17.7 Å². The molecule has 1 aliphatic heterocycles. The summed E-state index contributed by atoms with van der Waals surface area (Å²) in [4.78, 5) is 11.0. The Morgan fingerprint density at radius 2 is 1.73 bits per heavy atom. The predicted octanol–water partition coefficient (Wildman–Crippen LogP) is 2.74. The molecule has 0 aliphatic carbocycles. The van der Waals surface area contributed by atoms with Crippen LogP contribution in [0.15, 0.2) is 35.0 Å². The summed E-state index contributed by atoms with van der Waals surface area (Å²) in [5, 5.41) is 7.27. The third-order valence-corrected chi connectivity index (χ3v) is 4.66. The standard InChI is InChI=1S/C20H23N5O5/c1-26-15-10-13(11-16(27-2)19(15)28-3)14-12-18(30-24-14)22-17-4-5-21-20(23-17)25-6-8-29-9-7-25/h4-5,10-12H,6-9H2,1-3H3,(H,21,22,23). The Bertz CT molecular complexity index is 978. The van der Waals surface area contributed by atoms with Gasteiger partial charge in [-0.1, -0.05) is 5.16 Å². The summed E-state index contributed by atoms with van der Waals surface area (Å²) >= 11 is 0. The Morgan fingerprint density at radius 1 is 1.00 bits per heavy atom. The van der Waals surface area contributed by atoms with Crippen LogP contribution in [0.2, 0.25) is 0 Å². The van der Waals surface area contributed by atoms with Crippen LogP contribution in [0.1, 0.15) is 0 Å². The molecule has 0 atom stereocenters. The maximum atomic E-state index is 5.44. The molecule has 30 heavy (non-hydrogen) atoms. The number of benzene rings is 1. The van der Waals surface area contributed by atoms with E-state index in [0.717, 1.165) is 18.7 Å². The number of methoxy groups -OCH3 is 3. The van der Waals surface area contributed by atoms with Crippen molar-refractivity contribution in [2.24, 2.45) is 0 Å². The number of hydrogen-bond acceptors (Lipinski definition) is 10. The summed E-state index contributed by atoms with van der Waals surface area (Å²) in [6.07, 6.45) is 1.70. The summed E-state index contributed by atoms with van der Waals surface area (Å²) in [6, 6.07) is 7.16. The Labute approximate surface area is 173 Å². The van der Waals surface area contributed by atoms with Crippen LogP contribution in [-0.4, -0.2) is 62.8 Å². The molecule has 3 aromatic rings. The second-order valence-corrected chi connectivity index (χ2v) is 6.46. The highest BCUT2D eigenvalue weighted by Crippen LogP contribution is 2.41. The Kier molecular flexibility index (Phi) is 5.84. The average Bonchev–Trinajstić information content (AvgIpc) is 3.27. The molecule has 0 amide bonds. The first-order valence-corrected chi connectivity index (χ1v) is 9.41. The smallest absolute Gasteiger partial charge is 0.230 e. The molecule has 2 aromatic heterocycles. The number of nitrogens with zero attached hydrogens (tertiary/aromatic N) is 4. The van der Waals surface area contributed by atoms with E-state index in [1.807, 2.05) is 12.1 Å². The molecule has 4 rings (SSSR count). The highest BCUT2D eigenvalue weighted by atomic mass is 16.5. The lowest BCUT2D eigenvalue weighted by Crippen LogP contribution is -2.37. The van der Waals surface area contributed by atoms with E-state index in [0.29, 0.717) is 53.8 Å². The van der Waals surface area contributed by atoms with Crippen LogP contribution < -0.4 is 24.4 Å². The van der Waals surface area contributed by atoms with Gasteiger partial charge in [-0.2, -0.15) is 4.98 Å². The Hall–Kier alpha value is -3.53. The van der Waals surface area contributed by atoms with Gasteiger partial charge in [0.25, 0.3) is 0 Å². The molecular weight excluding hydrogens is 390 g/mol. The van der Waals surface area contributed by atoms with Gasteiger partial charge in [-0.15, -0.1) is 0 Å². The molecule has 1 saturated heterocycles. The molecule has 1 N–H and O–H groups in total. The predicted molar refractivity (Wildman–Crippen MR) is 110 cm³/mol. The molecule has 0 radical (unpaired) electrons. The van der Waals surface area contributed by atoms with Gasteiger partial charge >= 0.3 is 0 Å². The lowest BCUT2D eigenvalue weighted by Gasteiger charge is -2.26. The number of rotatable bonds is 7. The van der Waals surface area contributed by atoms with Gasteiger partial charge in [0, 0.05) is 30.9 Å². The zero-order valence-corrected chi connectivity index (χ0v) is 17.0. The first-order valence-electron chi connectivity index (χ1n) is 9.41. The molecule has 10 nitrogen and oxygen atoms in total. The molecule has 158 valence electrons. The van der Waals surface area contributed by atoms with Crippen LogP contribution in [0, 0.1) is 0 Å². The van der Waals surface area contributed by atoms with Crippen molar-refractivity contribution in [3.63, 3.8) is 0 Å². The first kappa shape index (κ1) is 19.8. The number of morpholine rings is 1. The molecule has 0 spiro atoms. The summed E-state index contributed by atoms with van der Waals surface area (Å²) in [6.45, 7) is 2.86. The van der Waals surface area contributed by atoms with Crippen LogP contribution in [0.25, 0.3) is 11.3 Å². The molecule has 1 aromatic carbocycles. The SMILES string of the molecule is COc1cc(-c2cc(Nc3ccnc(N4CCOCC4)n3)on2)cc(OC)c1OC. The van der Waals surface area contributed by atoms with Crippen molar-refractivity contribution in [1.82, 2.24) is 15.1 Å². The third-order valence-electron chi connectivity index (χ3n) is 4.66. The van der Waals surface area contributed by atoms with Crippen LogP contribution in [0.3, 0.4) is 0 Å². The molecule has 1 fully saturated rings. The normalized spacial score (nSPS) is 13.8. The number of hydrogen-bond donors (Lipinski definition) is 1. The number of aromatic nitrogens is 3. The highest BCUT2D eigenvalue weighted by molar-refractivity contribution is 5.70. The van der Waals surface area contributed by atoms with Gasteiger partial charge in [0.05, 0.1) is 34.5 Å². The van der Waals surface area contributed by atoms with Gasteiger partial charge in [0.15, 0.2) is 11.5 Å². The third kappa shape index (κ3) is 4.08. The van der Waals surface area contributed by atoms with E-state index in [2.05, 4.69) is 25.3 Å². The van der Waals surface area contributed by atoms with E-state index in [1.54, 1.807) is 39.7 Å². The lowest BCUT2D eigenvalue weighted by molar-refractivity contribution is 0.122. The van der Waals surface area contributed by atoms with Crippen LogP contribution in [-0.2, 0) is 4.74 Å². The van der Waals surface area contributed by atoms with Gasteiger partial charge in [0.2, 0.25) is 17.6 Å². The van der Waals surface area contributed by atoms with E-state index >= 15 is 0 Å². The maximum absolute atomic E-state index is 5.44. The van der Waals surface area contributed by atoms with Gasteiger partial charge in [0.1, 0.15) is 11.5 Å². The minimum Gasteiger partial charge on any atom is -0.493 e. The zero-order chi connectivity index (χ0) is 20.9. The molecular formula is C20H23N5O5. The highest BCUT2D eigenvalue weighted by Gasteiger charge is 2.17. The lowest BCUT2D eigenvalue weighted by atomic mass is 10.1. The largest absolute Gasteiger partial charge is 0.493 e. The molecule has 0 bridgehead atoms. The minimum atomic E-state index is 0.449. The van der Waals surface area contributed by atoms with Crippen molar-refractivity contribution in [3.8, 4) is 28.5 Å². The van der Waals surface area contributed by atoms with Gasteiger partial charge in [-0.3, -0.25) is 0 Å². The molecule has 10 heteroatoms. The minimum absolute atomic E-state index is 0.449. The van der Waals surface area contributed by atoms with Crippen molar-refractivity contribution in [2.75, 3.05) is 57.8 Å². The fourth-order valence-electron chi connectivity index (χ4n) is 3.16. The van der Waals surface area contributed by atoms with Crippen molar-refractivity contribution in [1.29, 1.82) is 0 Å². The summed E-state index contributed by atoms with van der Waals surface area (Å²) < 4.78 is 27.0. The van der Waals surface area contributed by atoms with Crippen LogP contribution in [0.4, 0.5) is 17.7 Å². The van der Waals surface area contributed by atoms with Crippen molar-refractivity contribution < 1.29 is 23.5 Å².